The Bertz CT molecular complexity index is 1320. The lowest BCUT2D eigenvalue weighted by Crippen LogP contribution is -2.41. The summed E-state index contributed by atoms with van der Waals surface area (Å²) in [5.74, 6) is -0.497. The van der Waals surface area contributed by atoms with E-state index in [0.29, 0.717) is 47.9 Å². The zero-order valence-corrected chi connectivity index (χ0v) is 20.5. The van der Waals surface area contributed by atoms with Gasteiger partial charge in [0.15, 0.2) is 0 Å². The molecule has 1 fully saturated rings. The summed E-state index contributed by atoms with van der Waals surface area (Å²) < 4.78 is 27.5. The van der Waals surface area contributed by atoms with Gasteiger partial charge in [-0.1, -0.05) is 11.6 Å². The molecule has 1 aliphatic heterocycles. The van der Waals surface area contributed by atoms with E-state index in [1.165, 1.54) is 30.5 Å². The Labute approximate surface area is 208 Å². The van der Waals surface area contributed by atoms with E-state index >= 15 is 0 Å². The highest BCUT2D eigenvalue weighted by Gasteiger charge is 2.28. The fraction of sp³-hybridized carbons (Fsp3) is 0.250. The molecule has 2 amide bonds. The number of aryl methyl sites for hydroxylation is 1. The molecule has 3 aromatic rings. The highest BCUT2D eigenvalue weighted by Crippen LogP contribution is 2.23. The van der Waals surface area contributed by atoms with E-state index in [0.717, 1.165) is 0 Å². The molecular weight excluding hydrogens is 490 g/mol. The van der Waals surface area contributed by atoms with Gasteiger partial charge in [0.05, 0.1) is 4.90 Å². The van der Waals surface area contributed by atoms with E-state index in [2.05, 4.69) is 20.0 Å². The van der Waals surface area contributed by atoms with Gasteiger partial charge in [0, 0.05) is 47.2 Å². The highest BCUT2D eigenvalue weighted by molar-refractivity contribution is 7.92. The largest absolute Gasteiger partial charge is 0.339 e. The van der Waals surface area contributed by atoms with Crippen LogP contribution in [0.2, 0.25) is 5.02 Å². The molecule has 0 aliphatic carbocycles. The summed E-state index contributed by atoms with van der Waals surface area (Å²) in [5, 5.41) is 3.40. The van der Waals surface area contributed by atoms with Gasteiger partial charge in [-0.3, -0.25) is 9.59 Å². The summed E-state index contributed by atoms with van der Waals surface area (Å²) in [7, 11) is -3.87. The number of rotatable bonds is 6. The van der Waals surface area contributed by atoms with Crippen LogP contribution in [0.4, 0.5) is 11.6 Å². The number of piperidine rings is 1. The van der Waals surface area contributed by atoms with Crippen molar-refractivity contribution in [3.8, 4) is 0 Å². The van der Waals surface area contributed by atoms with E-state index in [9.17, 15) is 18.0 Å². The van der Waals surface area contributed by atoms with Crippen molar-refractivity contribution in [2.45, 2.75) is 24.7 Å². The van der Waals surface area contributed by atoms with Crippen molar-refractivity contribution in [1.82, 2.24) is 14.9 Å². The van der Waals surface area contributed by atoms with Crippen LogP contribution in [0.1, 0.15) is 28.9 Å². The molecule has 2 aromatic carbocycles. The third-order valence-electron chi connectivity index (χ3n) is 5.70. The summed E-state index contributed by atoms with van der Waals surface area (Å²) in [6.07, 6.45) is 2.55. The Hall–Kier alpha value is -3.50. The monoisotopic (exact) mass is 513 g/mol. The van der Waals surface area contributed by atoms with Crippen molar-refractivity contribution in [2.24, 2.45) is 5.92 Å². The van der Waals surface area contributed by atoms with Gasteiger partial charge in [0.25, 0.3) is 15.9 Å². The van der Waals surface area contributed by atoms with Gasteiger partial charge in [0.1, 0.15) is 0 Å². The van der Waals surface area contributed by atoms with Gasteiger partial charge in [-0.2, -0.15) is 0 Å². The van der Waals surface area contributed by atoms with Crippen molar-refractivity contribution in [1.29, 1.82) is 0 Å². The van der Waals surface area contributed by atoms with Crippen molar-refractivity contribution < 1.29 is 18.0 Å². The Balaban J connectivity index is 1.31. The maximum atomic E-state index is 12.7. The summed E-state index contributed by atoms with van der Waals surface area (Å²) in [4.78, 5) is 35.1. The van der Waals surface area contributed by atoms with Gasteiger partial charge in [-0.05, 0) is 74.4 Å². The number of carbonyl (C=O) groups excluding carboxylic acids is 2. The predicted molar refractivity (Wildman–Crippen MR) is 133 cm³/mol. The minimum absolute atomic E-state index is 0.0109. The lowest BCUT2D eigenvalue weighted by Gasteiger charge is -2.31. The molecule has 0 unspecified atom stereocenters. The minimum Gasteiger partial charge on any atom is -0.339 e. The first-order chi connectivity index (χ1) is 16.7. The summed E-state index contributed by atoms with van der Waals surface area (Å²) in [5.41, 5.74) is 1.69. The first-order valence-electron chi connectivity index (χ1n) is 11.0. The smallest absolute Gasteiger partial charge is 0.264 e. The highest BCUT2D eigenvalue weighted by atomic mass is 35.5. The Morgan fingerprint density at radius 3 is 2.29 bits per heavy atom. The number of halogens is 1. The first kappa shape index (κ1) is 24.6. The van der Waals surface area contributed by atoms with Gasteiger partial charge in [-0.15, -0.1) is 0 Å². The molecule has 0 saturated carbocycles. The fourth-order valence-corrected chi connectivity index (χ4v) is 4.84. The normalized spacial score (nSPS) is 14.4. The lowest BCUT2D eigenvalue weighted by atomic mass is 9.95. The van der Waals surface area contributed by atoms with Gasteiger partial charge in [0.2, 0.25) is 11.9 Å². The van der Waals surface area contributed by atoms with Crippen LogP contribution in [0.25, 0.3) is 0 Å². The van der Waals surface area contributed by atoms with Crippen molar-refractivity contribution in [3.05, 3.63) is 77.1 Å². The predicted octanol–water partition coefficient (Wildman–Crippen LogP) is 3.73. The third-order valence-corrected chi connectivity index (χ3v) is 7.29. The molecule has 0 atom stereocenters. The number of nitrogens with one attached hydrogen (secondary N) is 2. The quantitative estimate of drug-likeness (QED) is 0.518. The molecule has 11 heteroatoms. The maximum absolute atomic E-state index is 12.7. The van der Waals surface area contributed by atoms with Crippen LogP contribution in [0.5, 0.6) is 0 Å². The van der Waals surface area contributed by atoms with Crippen molar-refractivity contribution >= 4 is 45.1 Å². The van der Waals surface area contributed by atoms with Crippen LogP contribution < -0.4 is 10.0 Å². The van der Waals surface area contributed by atoms with E-state index in [1.807, 2.05) is 0 Å². The van der Waals surface area contributed by atoms with Crippen LogP contribution in [0.15, 0.2) is 65.7 Å². The van der Waals surface area contributed by atoms with Gasteiger partial charge < -0.3 is 10.2 Å². The Morgan fingerprint density at radius 1 is 1.00 bits per heavy atom. The second-order valence-electron chi connectivity index (χ2n) is 8.21. The molecule has 35 heavy (non-hydrogen) atoms. The molecule has 2 heterocycles. The molecule has 0 radical (unpaired) electrons. The molecule has 0 spiro atoms. The minimum atomic E-state index is -3.87. The SMILES string of the molecule is Cc1ccnc(NS(=O)(=O)c2ccc(NC(=O)C3CCN(C(=O)c4ccc(Cl)cc4)CC3)cc2)n1. The summed E-state index contributed by atoms with van der Waals surface area (Å²) in [6, 6.07) is 14.3. The fourth-order valence-electron chi connectivity index (χ4n) is 3.76. The molecule has 1 aliphatic rings. The van der Waals surface area contributed by atoms with Crippen LogP contribution in [0, 0.1) is 12.8 Å². The summed E-state index contributed by atoms with van der Waals surface area (Å²) in [6.45, 7) is 2.69. The van der Waals surface area contributed by atoms with Crippen LogP contribution in [0.3, 0.4) is 0 Å². The van der Waals surface area contributed by atoms with Gasteiger partial charge in [-0.25, -0.2) is 23.1 Å². The Morgan fingerprint density at radius 2 is 1.66 bits per heavy atom. The molecule has 1 aromatic heterocycles. The average Bonchev–Trinajstić information content (AvgIpc) is 2.84. The summed E-state index contributed by atoms with van der Waals surface area (Å²) >= 11 is 5.88. The van der Waals surface area contributed by atoms with Crippen molar-refractivity contribution in [3.63, 3.8) is 0 Å². The second-order valence-corrected chi connectivity index (χ2v) is 10.3. The molecule has 2 N–H and O–H groups in total. The molecule has 4 rings (SSSR count). The zero-order valence-electron chi connectivity index (χ0n) is 18.9. The maximum Gasteiger partial charge on any atom is 0.264 e. The number of anilines is 2. The number of sulfonamides is 1. The zero-order chi connectivity index (χ0) is 25.0. The van der Waals surface area contributed by atoms with Gasteiger partial charge >= 0.3 is 0 Å². The molecule has 182 valence electrons. The average molecular weight is 514 g/mol. The topological polar surface area (TPSA) is 121 Å². The van der Waals surface area contributed by atoms with Crippen LogP contribution >= 0.6 is 11.6 Å². The number of hydrogen-bond acceptors (Lipinski definition) is 6. The van der Waals surface area contributed by atoms with Crippen molar-refractivity contribution in [2.75, 3.05) is 23.1 Å². The molecule has 9 nitrogen and oxygen atoms in total. The second kappa shape index (κ2) is 10.4. The molecule has 1 saturated heterocycles. The number of carbonyl (C=O) groups is 2. The number of amides is 2. The number of hydrogen-bond donors (Lipinski definition) is 2. The number of aromatic nitrogens is 2. The Kier molecular flexibility index (Phi) is 7.32. The molecule has 0 bridgehead atoms. The number of likely N-dealkylation sites (tertiary alicyclic amines) is 1. The van der Waals surface area contributed by atoms with E-state index < -0.39 is 10.0 Å². The third kappa shape index (κ3) is 6.14. The standard InChI is InChI=1S/C24H24ClN5O4S/c1-16-10-13-26-24(27-16)29-35(33,34)21-8-6-20(7-9-21)28-22(31)17-11-14-30(15-12-17)23(32)18-2-4-19(25)5-3-18/h2-10,13,17H,11-12,14-15H2,1H3,(H,28,31)(H,26,27,29). The van der Waals surface area contributed by atoms with Crippen LogP contribution in [-0.2, 0) is 14.8 Å². The number of nitrogens with zero attached hydrogens (tertiary/aromatic N) is 3. The van der Waals surface area contributed by atoms with E-state index in [-0.39, 0.29) is 28.6 Å². The lowest BCUT2D eigenvalue weighted by molar-refractivity contribution is -0.121. The van der Waals surface area contributed by atoms with E-state index in [4.69, 9.17) is 11.6 Å². The molecular formula is C24H24ClN5O4S. The first-order valence-corrected chi connectivity index (χ1v) is 12.9. The van der Waals surface area contributed by atoms with Crippen LogP contribution in [-0.4, -0.2) is 48.2 Å². The van der Waals surface area contributed by atoms with E-state index in [1.54, 1.807) is 42.2 Å². The number of benzene rings is 2.